The quantitative estimate of drug-likeness (QED) is 0.640. The lowest BCUT2D eigenvalue weighted by molar-refractivity contribution is 0.0944. The predicted octanol–water partition coefficient (Wildman–Crippen LogP) is -0.265. The van der Waals surface area contributed by atoms with Crippen molar-refractivity contribution in [2.75, 3.05) is 13.1 Å². The van der Waals surface area contributed by atoms with E-state index < -0.39 is 0 Å². The van der Waals surface area contributed by atoms with Crippen LogP contribution < -0.4 is 10.6 Å². The molecule has 1 aromatic rings. The van der Waals surface area contributed by atoms with Crippen LogP contribution in [0.1, 0.15) is 10.4 Å². The van der Waals surface area contributed by atoms with E-state index in [1.54, 1.807) is 0 Å². The molecule has 2 heterocycles. The van der Waals surface area contributed by atoms with Gasteiger partial charge in [-0.15, -0.1) is 0 Å². The molecule has 1 aromatic heterocycles. The number of aromatic hydroxyl groups is 1. The predicted molar refractivity (Wildman–Crippen MR) is 57.0 cm³/mol. The lowest BCUT2D eigenvalue weighted by Gasteiger charge is -2.08. The van der Waals surface area contributed by atoms with Gasteiger partial charge in [0.15, 0.2) is 0 Å². The molecule has 0 spiro atoms. The van der Waals surface area contributed by atoms with Crippen molar-refractivity contribution < 1.29 is 9.90 Å². The van der Waals surface area contributed by atoms with Crippen molar-refractivity contribution >= 4 is 5.91 Å². The maximum Gasteiger partial charge on any atom is 0.255 e. The minimum absolute atomic E-state index is 0.0658. The summed E-state index contributed by atoms with van der Waals surface area (Å²) in [6.45, 7) is 1.97. The van der Waals surface area contributed by atoms with Crippen molar-refractivity contribution in [3.05, 3.63) is 24.0 Å². The van der Waals surface area contributed by atoms with E-state index >= 15 is 0 Å². The molecule has 84 valence electrons. The van der Waals surface area contributed by atoms with Crippen molar-refractivity contribution in [3.63, 3.8) is 0 Å². The molecule has 5 nitrogen and oxygen atoms in total. The van der Waals surface area contributed by atoms with E-state index in [9.17, 15) is 9.90 Å². The second kappa shape index (κ2) is 3.45. The standard InChI is InChI=1S/C11H13N3O2/c15-9-5-12-2-1-6(9)11(16)14-10-7-3-13-4-8(7)10/h1-2,5,7-8,10,13,15H,3-4H2,(H,14,16). The number of nitrogens with one attached hydrogen (secondary N) is 2. The van der Waals surface area contributed by atoms with Crippen LogP contribution in [0.4, 0.5) is 0 Å². The summed E-state index contributed by atoms with van der Waals surface area (Å²) >= 11 is 0. The van der Waals surface area contributed by atoms with Gasteiger partial charge in [-0.25, -0.2) is 0 Å². The Morgan fingerprint density at radius 3 is 2.94 bits per heavy atom. The van der Waals surface area contributed by atoms with Gasteiger partial charge in [0.25, 0.3) is 5.91 Å². The van der Waals surface area contributed by atoms with Crippen LogP contribution in [0, 0.1) is 11.8 Å². The second-order valence-electron chi connectivity index (χ2n) is 4.38. The number of carbonyl (C=O) groups excluding carboxylic acids is 1. The molecule has 1 saturated heterocycles. The molecular formula is C11H13N3O2. The van der Waals surface area contributed by atoms with Crippen LogP contribution in [0.25, 0.3) is 0 Å². The highest BCUT2D eigenvalue weighted by Crippen LogP contribution is 2.41. The van der Waals surface area contributed by atoms with E-state index in [4.69, 9.17) is 0 Å². The van der Waals surface area contributed by atoms with Gasteiger partial charge in [0, 0.05) is 25.3 Å². The van der Waals surface area contributed by atoms with Crippen LogP contribution in [0.3, 0.4) is 0 Å². The van der Waals surface area contributed by atoms with Gasteiger partial charge < -0.3 is 15.7 Å². The first-order valence-corrected chi connectivity index (χ1v) is 5.42. The summed E-state index contributed by atoms with van der Waals surface area (Å²) in [7, 11) is 0. The van der Waals surface area contributed by atoms with Crippen molar-refractivity contribution in [3.8, 4) is 5.75 Å². The fourth-order valence-electron chi connectivity index (χ4n) is 2.44. The third kappa shape index (κ3) is 1.44. The highest BCUT2D eigenvalue weighted by molar-refractivity contribution is 5.97. The van der Waals surface area contributed by atoms with Crippen molar-refractivity contribution in [2.24, 2.45) is 11.8 Å². The average Bonchev–Trinajstić information content (AvgIpc) is 2.75. The molecular weight excluding hydrogens is 206 g/mol. The number of amides is 1. The first-order chi connectivity index (χ1) is 7.77. The molecule has 1 aliphatic heterocycles. The Bertz CT molecular complexity index is 425. The molecule has 2 aliphatic rings. The smallest absolute Gasteiger partial charge is 0.255 e. The topological polar surface area (TPSA) is 74.2 Å². The fraction of sp³-hybridized carbons (Fsp3) is 0.455. The molecule has 16 heavy (non-hydrogen) atoms. The third-order valence-corrected chi connectivity index (χ3v) is 3.43. The van der Waals surface area contributed by atoms with Gasteiger partial charge >= 0.3 is 0 Å². The van der Waals surface area contributed by atoms with Crippen LogP contribution in [0.5, 0.6) is 5.75 Å². The van der Waals surface area contributed by atoms with Gasteiger partial charge in [0.2, 0.25) is 0 Å². The van der Waals surface area contributed by atoms with Crippen molar-refractivity contribution in [2.45, 2.75) is 6.04 Å². The maximum atomic E-state index is 11.8. The van der Waals surface area contributed by atoms with E-state index in [-0.39, 0.29) is 17.7 Å². The van der Waals surface area contributed by atoms with E-state index in [1.807, 2.05) is 0 Å². The zero-order valence-electron chi connectivity index (χ0n) is 8.68. The van der Waals surface area contributed by atoms with Crippen LogP contribution in [-0.2, 0) is 0 Å². The summed E-state index contributed by atoms with van der Waals surface area (Å²) in [4.78, 5) is 15.6. The van der Waals surface area contributed by atoms with E-state index in [1.165, 1.54) is 18.5 Å². The lowest BCUT2D eigenvalue weighted by Crippen LogP contribution is -2.32. The molecule has 5 heteroatoms. The Hall–Kier alpha value is -1.62. The lowest BCUT2D eigenvalue weighted by atomic mass is 10.2. The maximum absolute atomic E-state index is 11.8. The monoisotopic (exact) mass is 219 g/mol. The third-order valence-electron chi connectivity index (χ3n) is 3.43. The molecule has 2 unspecified atom stereocenters. The number of hydrogen-bond acceptors (Lipinski definition) is 4. The number of rotatable bonds is 2. The first-order valence-electron chi connectivity index (χ1n) is 5.42. The van der Waals surface area contributed by atoms with Gasteiger partial charge in [-0.3, -0.25) is 9.78 Å². The first kappa shape index (κ1) is 9.59. The van der Waals surface area contributed by atoms with Crippen LogP contribution in [0.15, 0.2) is 18.5 Å². The molecule has 0 bridgehead atoms. The number of fused-ring (bicyclic) bond motifs is 1. The molecule has 2 fully saturated rings. The van der Waals surface area contributed by atoms with E-state index in [2.05, 4.69) is 15.6 Å². The summed E-state index contributed by atoms with van der Waals surface area (Å²) in [5.74, 6) is 0.879. The summed E-state index contributed by atoms with van der Waals surface area (Å²) in [5.41, 5.74) is 0.299. The summed E-state index contributed by atoms with van der Waals surface area (Å²) < 4.78 is 0. The van der Waals surface area contributed by atoms with Gasteiger partial charge in [0.05, 0.1) is 11.8 Å². The van der Waals surface area contributed by atoms with Gasteiger partial charge in [-0.1, -0.05) is 0 Å². The number of aromatic nitrogens is 1. The summed E-state index contributed by atoms with van der Waals surface area (Å²) in [6, 6.07) is 1.81. The molecule has 1 aliphatic carbocycles. The number of hydrogen-bond donors (Lipinski definition) is 3. The van der Waals surface area contributed by atoms with E-state index in [0.717, 1.165) is 13.1 Å². The zero-order chi connectivity index (χ0) is 11.1. The van der Waals surface area contributed by atoms with Gasteiger partial charge in [-0.2, -0.15) is 0 Å². The minimum atomic E-state index is -0.209. The number of nitrogens with zero attached hydrogens (tertiary/aromatic N) is 1. The summed E-state index contributed by atoms with van der Waals surface area (Å²) in [6.07, 6.45) is 2.79. The SMILES string of the molecule is O=C(NC1C2CNCC21)c1ccncc1O. The molecule has 3 N–H and O–H groups in total. The molecule has 1 amide bonds. The van der Waals surface area contributed by atoms with Crippen LogP contribution in [0.2, 0.25) is 0 Å². The minimum Gasteiger partial charge on any atom is -0.505 e. The highest BCUT2D eigenvalue weighted by Gasteiger charge is 2.53. The van der Waals surface area contributed by atoms with Gasteiger partial charge in [0.1, 0.15) is 5.75 Å². The van der Waals surface area contributed by atoms with E-state index in [0.29, 0.717) is 17.4 Å². The van der Waals surface area contributed by atoms with Crippen molar-refractivity contribution in [1.29, 1.82) is 0 Å². The van der Waals surface area contributed by atoms with Gasteiger partial charge in [-0.05, 0) is 17.9 Å². The Morgan fingerprint density at radius 1 is 1.50 bits per heavy atom. The molecule has 3 rings (SSSR count). The number of pyridine rings is 1. The van der Waals surface area contributed by atoms with Crippen LogP contribution >= 0.6 is 0 Å². The molecule has 0 aromatic carbocycles. The fourth-order valence-corrected chi connectivity index (χ4v) is 2.44. The van der Waals surface area contributed by atoms with Crippen molar-refractivity contribution in [1.82, 2.24) is 15.6 Å². The Labute approximate surface area is 92.9 Å². The second-order valence-corrected chi connectivity index (χ2v) is 4.38. The Balaban J connectivity index is 1.68. The molecule has 2 atom stereocenters. The molecule has 1 saturated carbocycles. The zero-order valence-corrected chi connectivity index (χ0v) is 8.68. The Kier molecular flexibility index (Phi) is 2.07. The highest BCUT2D eigenvalue weighted by atomic mass is 16.3. The largest absolute Gasteiger partial charge is 0.505 e. The normalized spacial score (nSPS) is 30.9. The Morgan fingerprint density at radius 2 is 2.25 bits per heavy atom. The summed E-state index contributed by atoms with van der Waals surface area (Å²) in [5, 5.41) is 15.7. The average molecular weight is 219 g/mol. The number of piperidine rings is 1. The molecule has 0 radical (unpaired) electrons. The van der Waals surface area contributed by atoms with Crippen LogP contribution in [-0.4, -0.2) is 35.1 Å². The number of carbonyl (C=O) groups is 1.